The molecule has 2 N–H and O–H groups in total. The summed E-state index contributed by atoms with van der Waals surface area (Å²) in [6.45, 7) is 5.56. The van der Waals surface area contributed by atoms with Gasteiger partial charge in [0.05, 0.1) is 0 Å². The van der Waals surface area contributed by atoms with Gasteiger partial charge in [-0.15, -0.1) is 0 Å². The zero-order valence-electron chi connectivity index (χ0n) is 8.64. The third-order valence-corrected chi connectivity index (χ3v) is 3.26. The van der Waals surface area contributed by atoms with Crippen molar-refractivity contribution in [3.8, 4) is 0 Å². The molecule has 1 atom stereocenters. The maximum Gasteiger partial charge on any atom is 0.0283 e. The van der Waals surface area contributed by atoms with Crippen molar-refractivity contribution in [3.05, 3.63) is 0 Å². The van der Waals surface area contributed by atoms with Gasteiger partial charge in [-0.1, -0.05) is 6.92 Å². The van der Waals surface area contributed by atoms with Crippen molar-refractivity contribution in [1.29, 1.82) is 0 Å². The molecule has 0 spiro atoms. The highest BCUT2D eigenvalue weighted by molar-refractivity contribution is 4.95. The fraction of sp³-hybridized carbons (Fsp3) is 1.00. The number of rotatable bonds is 4. The van der Waals surface area contributed by atoms with Gasteiger partial charge in [0.25, 0.3) is 0 Å². The Labute approximate surface area is 76.1 Å². The molecular weight excluding hydrogens is 148 g/mol. The van der Waals surface area contributed by atoms with E-state index in [2.05, 4.69) is 25.8 Å². The van der Waals surface area contributed by atoms with Crippen LogP contribution in [0, 0.1) is 0 Å². The van der Waals surface area contributed by atoms with Crippen molar-refractivity contribution >= 4 is 0 Å². The number of hydrogen-bond acceptors (Lipinski definition) is 2. The Hall–Kier alpha value is -0.0800. The lowest BCUT2D eigenvalue weighted by atomic mass is 9.77. The molecule has 1 fully saturated rings. The lowest BCUT2D eigenvalue weighted by Gasteiger charge is -2.42. The van der Waals surface area contributed by atoms with E-state index >= 15 is 0 Å². The highest BCUT2D eigenvalue weighted by Gasteiger charge is 2.33. The van der Waals surface area contributed by atoms with E-state index in [1.54, 1.807) is 0 Å². The summed E-state index contributed by atoms with van der Waals surface area (Å²) in [7, 11) is 2.18. The first-order valence-electron chi connectivity index (χ1n) is 5.06. The van der Waals surface area contributed by atoms with E-state index in [9.17, 15) is 0 Å². The molecule has 0 heterocycles. The molecule has 1 aliphatic carbocycles. The van der Waals surface area contributed by atoms with Crippen molar-refractivity contribution in [2.45, 2.75) is 51.1 Å². The second kappa shape index (κ2) is 3.75. The van der Waals surface area contributed by atoms with Crippen LogP contribution in [0.5, 0.6) is 0 Å². The highest BCUT2D eigenvalue weighted by atomic mass is 15.1. The summed E-state index contributed by atoms with van der Waals surface area (Å²) in [5, 5.41) is 0. The zero-order chi connectivity index (χ0) is 9.19. The normalized spacial score (nSPS) is 23.8. The Kier molecular flexibility index (Phi) is 3.13. The summed E-state index contributed by atoms with van der Waals surface area (Å²) < 4.78 is 0. The molecule has 1 saturated carbocycles. The molecule has 12 heavy (non-hydrogen) atoms. The van der Waals surface area contributed by atoms with Crippen LogP contribution < -0.4 is 5.73 Å². The van der Waals surface area contributed by atoms with Gasteiger partial charge in [-0.3, -0.25) is 0 Å². The van der Waals surface area contributed by atoms with Crippen molar-refractivity contribution < 1.29 is 0 Å². The summed E-state index contributed by atoms with van der Waals surface area (Å²) in [6.07, 6.45) is 4.97. The van der Waals surface area contributed by atoms with Gasteiger partial charge in [0, 0.05) is 18.1 Å². The van der Waals surface area contributed by atoms with Gasteiger partial charge in [0.2, 0.25) is 0 Å². The Morgan fingerprint density at radius 1 is 1.50 bits per heavy atom. The van der Waals surface area contributed by atoms with E-state index in [-0.39, 0.29) is 5.54 Å². The molecule has 1 unspecified atom stereocenters. The van der Waals surface area contributed by atoms with Gasteiger partial charge >= 0.3 is 0 Å². The molecule has 1 aliphatic rings. The molecule has 2 heteroatoms. The SMILES string of the molecule is CCC(C)N(C)CC1(N)CCC1. The van der Waals surface area contributed by atoms with Crippen LogP contribution in [0.4, 0.5) is 0 Å². The van der Waals surface area contributed by atoms with E-state index in [1.165, 1.54) is 25.7 Å². The summed E-state index contributed by atoms with van der Waals surface area (Å²) in [5.41, 5.74) is 6.31. The number of nitrogens with zero attached hydrogens (tertiary/aromatic N) is 1. The second-order valence-corrected chi connectivity index (χ2v) is 4.39. The smallest absolute Gasteiger partial charge is 0.0283 e. The first-order chi connectivity index (χ1) is 5.57. The van der Waals surface area contributed by atoms with Crippen molar-refractivity contribution in [2.24, 2.45) is 5.73 Å². The maximum absolute atomic E-state index is 6.15. The Balaban J connectivity index is 2.29. The number of nitrogens with two attached hydrogens (primary N) is 1. The monoisotopic (exact) mass is 170 g/mol. The van der Waals surface area contributed by atoms with Crippen molar-refractivity contribution in [3.63, 3.8) is 0 Å². The Bertz CT molecular complexity index is 141. The van der Waals surface area contributed by atoms with E-state index in [1.807, 2.05) is 0 Å². The predicted molar refractivity (Wildman–Crippen MR) is 53.2 cm³/mol. The minimum Gasteiger partial charge on any atom is -0.324 e. The largest absolute Gasteiger partial charge is 0.324 e. The molecule has 0 aromatic carbocycles. The van der Waals surface area contributed by atoms with E-state index in [0.29, 0.717) is 6.04 Å². The first-order valence-corrected chi connectivity index (χ1v) is 5.06. The molecule has 0 aromatic heterocycles. The number of hydrogen-bond donors (Lipinski definition) is 1. The highest BCUT2D eigenvalue weighted by Crippen LogP contribution is 2.29. The Morgan fingerprint density at radius 3 is 2.42 bits per heavy atom. The van der Waals surface area contributed by atoms with Gasteiger partial charge in [-0.2, -0.15) is 0 Å². The molecule has 1 rings (SSSR count). The van der Waals surface area contributed by atoms with Crippen LogP contribution in [0.15, 0.2) is 0 Å². The van der Waals surface area contributed by atoms with E-state index in [0.717, 1.165) is 6.54 Å². The quantitative estimate of drug-likeness (QED) is 0.694. The fourth-order valence-corrected chi connectivity index (χ4v) is 1.75. The lowest BCUT2D eigenvalue weighted by Crippen LogP contribution is -2.55. The standard InChI is InChI=1S/C10H22N2/c1-4-9(2)12(3)8-10(11)6-5-7-10/h9H,4-8,11H2,1-3H3. The fourth-order valence-electron chi connectivity index (χ4n) is 1.75. The molecule has 0 aliphatic heterocycles. The van der Waals surface area contributed by atoms with Gasteiger partial charge in [-0.05, 0) is 39.7 Å². The summed E-state index contributed by atoms with van der Waals surface area (Å²) in [4.78, 5) is 2.39. The molecular formula is C10H22N2. The third-order valence-electron chi connectivity index (χ3n) is 3.26. The minimum absolute atomic E-state index is 0.151. The average Bonchev–Trinajstić information content (AvgIpc) is 2.00. The van der Waals surface area contributed by atoms with Crippen LogP contribution in [0.3, 0.4) is 0 Å². The molecule has 0 aromatic rings. The van der Waals surface area contributed by atoms with Crippen LogP contribution in [-0.2, 0) is 0 Å². The second-order valence-electron chi connectivity index (χ2n) is 4.39. The zero-order valence-corrected chi connectivity index (χ0v) is 8.64. The van der Waals surface area contributed by atoms with Gasteiger partial charge < -0.3 is 10.6 Å². The molecule has 0 saturated heterocycles. The predicted octanol–water partition coefficient (Wildman–Crippen LogP) is 1.60. The van der Waals surface area contributed by atoms with E-state index in [4.69, 9.17) is 5.73 Å². The first kappa shape index (κ1) is 10.0. The van der Waals surface area contributed by atoms with Crippen LogP contribution >= 0.6 is 0 Å². The van der Waals surface area contributed by atoms with Crippen LogP contribution in [0.2, 0.25) is 0 Å². The van der Waals surface area contributed by atoms with Crippen LogP contribution in [-0.4, -0.2) is 30.1 Å². The van der Waals surface area contributed by atoms with Gasteiger partial charge in [0.15, 0.2) is 0 Å². The van der Waals surface area contributed by atoms with Crippen LogP contribution in [0.1, 0.15) is 39.5 Å². The summed E-state index contributed by atoms with van der Waals surface area (Å²) in [5.74, 6) is 0. The minimum atomic E-state index is 0.151. The molecule has 0 amide bonds. The van der Waals surface area contributed by atoms with Crippen LogP contribution in [0.25, 0.3) is 0 Å². The number of likely N-dealkylation sites (N-methyl/N-ethyl adjacent to an activating group) is 1. The molecule has 2 nitrogen and oxygen atoms in total. The maximum atomic E-state index is 6.15. The molecule has 0 bridgehead atoms. The Morgan fingerprint density at radius 2 is 2.08 bits per heavy atom. The third kappa shape index (κ3) is 2.20. The molecule has 72 valence electrons. The summed E-state index contributed by atoms with van der Waals surface area (Å²) >= 11 is 0. The average molecular weight is 170 g/mol. The topological polar surface area (TPSA) is 29.3 Å². The van der Waals surface area contributed by atoms with Gasteiger partial charge in [-0.25, -0.2) is 0 Å². The molecule has 0 radical (unpaired) electrons. The summed E-state index contributed by atoms with van der Waals surface area (Å²) in [6, 6.07) is 0.672. The van der Waals surface area contributed by atoms with Gasteiger partial charge in [0.1, 0.15) is 0 Å². The van der Waals surface area contributed by atoms with E-state index < -0.39 is 0 Å². The van der Waals surface area contributed by atoms with Crippen molar-refractivity contribution in [1.82, 2.24) is 4.90 Å². The lowest BCUT2D eigenvalue weighted by molar-refractivity contribution is 0.136. The van der Waals surface area contributed by atoms with Crippen molar-refractivity contribution in [2.75, 3.05) is 13.6 Å².